The molecule has 18 heavy (non-hydrogen) atoms. The van der Waals surface area contributed by atoms with E-state index in [9.17, 15) is 0 Å². The number of nitrogens with zero attached hydrogens (tertiary/aromatic N) is 1. The second-order valence-electron chi connectivity index (χ2n) is 6.44. The van der Waals surface area contributed by atoms with Gasteiger partial charge in [0.2, 0.25) is 0 Å². The zero-order chi connectivity index (χ0) is 13.6. The Kier molecular flexibility index (Phi) is 6.61. The third-order valence-corrected chi connectivity index (χ3v) is 4.41. The first-order valence-electron chi connectivity index (χ1n) is 7.48. The van der Waals surface area contributed by atoms with Gasteiger partial charge in [0.05, 0.1) is 6.61 Å². The van der Waals surface area contributed by atoms with Gasteiger partial charge < -0.3 is 10.5 Å². The fraction of sp³-hybridized carbons (Fsp3) is 1.00. The molecule has 1 saturated carbocycles. The molecule has 0 unspecified atom stereocenters. The average Bonchev–Trinajstić information content (AvgIpc) is 2.35. The van der Waals surface area contributed by atoms with Crippen molar-refractivity contribution >= 4 is 0 Å². The van der Waals surface area contributed by atoms with E-state index in [2.05, 4.69) is 25.7 Å². The quantitative estimate of drug-likeness (QED) is 0.760. The third-order valence-electron chi connectivity index (χ3n) is 4.41. The van der Waals surface area contributed by atoms with Crippen molar-refractivity contribution in [3.05, 3.63) is 0 Å². The highest BCUT2D eigenvalue weighted by molar-refractivity contribution is 4.95. The number of ether oxygens (including phenoxy) is 1. The first-order valence-corrected chi connectivity index (χ1v) is 7.48. The molecule has 108 valence electrons. The number of methoxy groups -OCH3 is 1. The van der Waals surface area contributed by atoms with Crippen LogP contribution in [0.5, 0.6) is 0 Å². The van der Waals surface area contributed by atoms with Gasteiger partial charge in [-0.05, 0) is 37.5 Å². The van der Waals surface area contributed by atoms with Gasteiger partial charge in [-0.1, -0.05) is 20.8 Å². The fourth-order valence-electron chi connectivity index (χ4n) is 3.11. The molecule has 0 aliphatic heterocycles. The molecule has 0 radical (unpaired) electrons. The smallest absolute Gasteiger partial charge is 0.0589 e. The van der Waals surface area contributed by atoms with Gasteiger partial charge in [0.1, 0.15) is 0 Å². The molecule has 0 saturated heterocycles. The summed E-state index contributed by atoms with van der Waals surface area (Å²) in [7, 11) is 1.78. The zero-order valence-corrected chi connectivity index (χ0v) is 12.7. The number of hydrogen-bond donors (Lipinski definition) is 1. The van der Waals surface area contributed by atoms with E-state index >= 15 is 0 Å². The maximum atomic E-state index is 6.15. The van der Waals surface area contributed by atoms with Crippen molar-refractivity contribution < 1.29 is 4.74 Å². The molecule has 1 aliphatic carbocycles. The van der Waals surface area contributed by atoms with Crippen molar-refractivity contribution in [2.75, 3.05) is 33.4 Å². The average molecular weight is 256 g/mol. The van der Waals surface area contributed by atoms with Crippen LogP contribution in [0, 0.1) is 11.8 Å². The molecule has 1 fully saturated rings. The van der Waals surface area contributed by atoms with Crippen LogP contribution in [-0.4, -0.2) is 43.8 Å². The lowest BCUT2D eigenvalue weighted by atomic mass is 9.75. The normalized spacial score (nSPS) is 29.2. The molecule has 2 N–H and O–H groups in total. The number of nitrogens with two attached hydrogens (primary N) is 1. The second kappa shape index (κ2) is 7.46. The number of rotatable bonds is 7. The van der Waals surface area contributed by atoms with Crippen LogP contribution >= 0.6 is 0 Å². The molecular formula is C15H32N2O. The van der Waals surface area contributed by atoms with E-state index < -0.39 is 0 Å². The molecule has 0 spiro atoms. The predicted octanol–water partition coefficient (Wildman–Crippen LogP) is 2.50. The summed E-state index contributed by atoms with van der Waals surface area (Å²) >= 11 is 0. The summed E-state index contributed by atoms with van der Waals surface area (Å²) in [5, 5.41) is 0. The van der Waals surface area contributed by atoms with Crippen LogP contribution in [0.3, 0.4) is 0 Å². The summed E-state index contributed by atoms with van der Waals surface area (Å²) in [5.74, 6) is 1.55. The maximum absolute atomic E-state index is 6.15. The standard InChI is InChI=1S/C15H32N2O/c1-13(2)11-17(9-10-18-4)15(12-16)7-5-14(3)6-8-15/h13-14H,5-12,16H2,1-4H3. The van der Waals surface area contributed by atoms with E-state index in [4.69, 9.17) is 10.5 Å². The van der Waals surface area contributed by atoms with Gasteiger partial charge in [0.15, 0.2) is 0 Å². The van der Waals surface area contributed by atoms with Crippen molar-refractivity contribution in [2.24, 2.45) is 17.6 Å². The minimum atomic E-state index is 0.231. The van der Waals surface area contributed by atoms with Gasteiger partial charge in [-0.2, -0.15) is 0 Å². The zero-order valence-electron chi connectivity index (χ0n) is 12.7. The Morgan fingerprint density at radius 3 is 2.39 bits per heavy atom. The largest absolute Gasteiger partial charge is 0.383 e. The Morgan fingerprint density at radius 1 is 1.33 bits per heavy atom. The van der Waals surface area contributed by atoms with E-state index in [0.29, 0.717) is 5.92 Å². The highest BCUT2D eigenvalue weighted by atomic mass is 16.5. The van der Waals surface area contributed by atoms with Gasteiger partial charge in [-0.3, -0.25) is 4.90 Å². The topological polar surface area (TPSA) is 38.5 Å². The van der Waals surface area contributed by atoms with E-state index in [1.54, 1.807) is 7.11 Å². The minimum absolute atomic E-state index is 0.231. The van der Waals surface area contributed by atoms with Gasteiger partial charge in [-0.15, -0.1) is 0 Å². The molecule has 1 rings (SSSR count). The Labute approximate surface area is 113 Å². The lowest BCUT2D eigenvalue weighted by molar-refractivity contribution is 0.0163. The van der Waals surface area contributed by atoms with Gasteiger partial charge in [0.25, 0.3) is 0 Å². The molecule has 0 atom stereocenters. The maximum Gasteiger partial charge on any atom is 0.0589 e. The minimum Gasteiger partial charge on any atom is -0.383 e. The van der Waals surface area contributed by atoms with Crippen LogP contribution in [0.4, 0.5) is 0 Å². The van der Waals surface area contributed by atoms with E-state index in [1.807, 2.05) is 0 Å². The Balaban J connectivity index is 2.71. The Hall–Kier alpha value is -0.120. The summed E-state index contributed by atoms with van der Waals surface area (Å²) in [6, 6.07) is 0. The van der Waals surface area contributed by atoms with Gasteiger partial charge in [0, 0.05) is 32.3 Å². The lowest BCUT2D eigenvalue weighted by Gasteiger charge is -2.48. The van der Waals surface area contributed by atoms with Crippen molar-refractivity contribution in [3.8, 4) is 0 Å². The van der Waals surface area contributed by atoms with Crippen molar-refractivity contribution in [1.29, 1.82) is 0 Å². The monoisotopic (exact) mass is 256 g/mol. The van der Waals surface area contributed by atoms with Gasteiger partial charge >= 0.3 is 0 Å². The number of hydrogen-bond acceptors (Lipinski definition) is 3. The molecule has 0 aromatic heterocycles. The predicted molar refractivity (Wildman–Crippen MR) is 77.7 cm³/mol. The van der Waals surface area contributed by atoms with Crippen LogP contribution in [0.2, 0.25) is 0 Å². The second-order valence-corrected chi connectivity index (χ2v) is 6.44. The Bertz CT molecular complexity index is 223. The van der Waals surface area contributed by atoms with Gasteiger partial charge in [-0.25, -0.2) is 0 Å². The molecule has 1 aliphatic rings. The lowest BCUT2D eigenvalue weighted by Crippen LogP contribution is -2.57. The summed E-state index contributed by atoms with van der Waals surface area (Å²) in [5.41, 5.74) is 6.38. The molecule has 0 amide bonds. The summed E-state index contributed by atoms with van der Waals surface area (Å²) < 4.78 is 5.27. The molecule has 0 bridgehead atoms. The molecule has 0 aromatic rings. The molecule has 3 nitrogen and oxygen atoms in total. The van der Waals surface area contributed by atoms with Crippen LogP contribution < -0.4 is 5.73 Å². The highest BCUT2D eigenvalue weighted by Crippen LogP contribution is 2.36. The van der Waals surface area contributed by atoms with Crippen molar-refractivity contribution in [1.82, 2.24) is 4.90 Å². The molecular weight excluding hydrogens is 224 g/mol. The third kappa shape index (κ3) is 4.22. The van der Waals surface area contributed by atoms with E-state index in [0.717, 1.165) is 32.2 Å². The van der Waals surface area contributed by atoms with Crippen LogP contribution in [0.1, 0.15) is 46.5 Å². The molecule has 0 aromatic carbocycles. The molecule has 0 heterocycles. The Morgan fingerprint density at radius 2 is 1.94 bits per heavy atom. The van der Waals surface area contributed by atoms with Crippen LogP contribution in [-0.2, 0) is 4.74 Å². The fourth-order valence-corrected chi connectivity index (χ4v) is 3.11. The van der Waals surface area contributed by atoms with Crippen molar-refractivity contribution in [3.63, 3.8) is 0 Å². The SMILES string of the molecule is COCCN(CC(C)C)C1(CN)CCC(C)CC1. The van der Waals surface area contributed by atoms with Crippen molar-refractivity contribution in [2.45, 2.75) is 52.0 Å². The van der Waals surface area contributed by atoms with Crippen LogP contribution in [0.25, 0.3) is 0 Å². The van der Waals surface area contributed by atoms with E-state index in [-0.39, 0.29) is 5.54 Å². The first kappa shape index (κ1) is 15.9. The van der Waals surface area contributed by atoms with Crippen LogP contribution in [0.15, 0.2) is 0 Å². The summed E-state index contributed by atoms with van der Waals surface area (Å²) in [4.78, 5) is 2.60. The summed E-state index contributed by atoms with van der Waals surface area (Å²) in [6.07, 6.45) is 5.14. The molecule has 3 heteroatoms. The van der Waals surface area contributed by atoms with E-state index in [1.165, 1.54) is 25.7 Å². The highest BCUT2D eigenvalue weighted by Gasteiger charge is 2.38. The first-order chi connectivity index (χ1) is 8.54. The summed E-state index contributed by atoms with van der Waals surface area (Å²) in [6.45, 7) is 10.7.